The van der Waals surface area contributed by atoms with E-state index in [1.807, 2.05) is 5.38 Å². The van der Waals surface area contributed by atoms with Crippen LogP contribution in [0, 0.1) is 0 Å². The van der Waals surface area contributed by atoms with Crippen molar-refractivity contribution in [1.82, 2.24) is 14.9 Å². The Hall–Kier alpha value is -2.10. The molecule has 2 amide bonds. The molecule has 0 aromatic carbocycles. The second kappa shape index (κ2) is 7.26. The van der Waals surface area contributed by atoms with Crippen molar-refractivity contribution in [3.8, 4) is 0 Å². The number of carbonyl (C=O) groups is 2. The van der Waals surface area contributed by atoms with Crippen molar-refractivity contribution in [3.05, 3.63) is 61.5 Å². The minimum Gasteiger partial charge on any atom is -0.333 e. The van der Waals surface area contributed by atoms with E-state index in [-0.39, 0.29) is 11.8 Å². The van der Waals surface area contributed by atoms with Gasteiger partial charge in [0.15, 0.2) is 5.13 Å². The summed E-state index contributed by atoms with van der Waals surface area (Å²) in [5.74, 6) is -0.216. The summed E-state index contributed by atoms with van der Waals surface area (Å²) in [6, 6.07) is 3.55. The van der Waals surface area contributed by atoms with Crippen LogP contribution in [0.2, 0.25) is 0 Å². The lowest BCUT2D eigenvalue weighted by atomic mass is 10.1. The second-order valence-electron chi connectivity index (χ2n) is 5.72. The van der Waals surface area contributed by atoms with Crippen molar-refractivity contribution in [2.45, 2.75) is 13.0 Å². The van der Waals surface area contributed by atoms with Gasteiger partial charge in [0, 0.05) is 40.1 Å². The highest BCUT2D eigenvalue weighted by atomic mass is 79.9. The van der Waals surface area contributed by atoms with Crippen molar-refractivity contribution >= 4 is 55.5 Å². The molecule has 4 heterocycles. The highest BCUT2D eigenvalue weighted by Crippen LogP contribution is 2.29. The maximum Gasteiger partial charge on any atom is 0.258 e. The molecule has 1 N–H and O–H groups in total. The topological polar surface area (TPSA) is 75.2 Å². The van der Waals surface area contributed by atoms with Crippen LogP contribution in [0.15, 0.2) is 39.8 Å². The Morgan fingerprint density at radius 2 is 2.15 bits per heavy atom. The summed E-state index contributed by atoms with van der Waals surface area (Å²) in [4.78, 5) is 36.2. The van der Waals surface area contributed by atoms with Crippen LogP contribution in [0.4, 0.5) is 5.13 Å². The van der Waals surface area contributed by atoms with Crippen molar-refractivity contribution in [1.29, 1.82) is 0 Å². The Balaban J connectivity index is 1.48. The molecule has 9 heteroatoms. The number of thiazole rings is 1. The van der Waals surface area contributed by atoms with E-state index in [4.69, 9.17) is 0 Å². The minimum absolute atomic E-state index is 0.0540. The summed E-state index contributed by atoms with van der Waals surface area (Å²) in [6.45, 7) is 1.09. The standard InChI is InChI=1S/C17H13BrN4O2S2/c18-12-5-11(6-19-7-12)16(24)22-3-1-13-14(8-22)26-17(20-13)21-15(23)10-2-4-25-9-10/h2,4-7,9H,1,3,8H2,(H,20,21,23). The van der Waals surface area contributed by atoms with Crippen molar-refractivity contribution in [2.75, 3.05) is 11.9 Å². The molecule has 0 aliphatic carbocycles. The van der Waals surface area contributed by atoms with Crippen molar-refractivity contribution < 1.29 is 9.59 Å². The molecule has 0 saturated carbocycles. The van der Waals surface area contributed by atoms with Gasteiger partial charge in [-0.1, -0.05) is 11.3 Å². The van der Waals surface area contributed by atoms with E-state index in [2.05, 4.69) is 31.2 Å². The Morgan fingerprint density at radius 3 is 2.92 bits per heavy atom. The number of nitrogens with zero attached hydrogens (tertiary/aromatic N) is 3. The zero-order valence-electron chi connectivity index (χ0n) is 13.4. The first kappa shape index (κ1) is 17.3. The normalized spacial score (nSPS) is 13.3. The zero-order valence-corrected chi connectivity index (χ0v) is 16.7. The van der Waals surface area contributed by atoms with Crippen molar-refractivity contribution in [3.63, 3.8) is 0 Å². The SMILES string of the molecule is O=C(Nc1nc2c(s1)CN(C(=O)c1cncc(Br)c1)CC2)c1ccsc1. The van der Waals surface area contributed by atoms with Crippen LogP contribution >= 0.6 is 38.6 Å². The van der Waals surface area contributed by atoms with Gasteiger partial charge in [0.05, 0.1) is 23.4 Å². The van der Waals surface area contributed by atoms with E-state index in [1.54, 1.807) is 34.8 Å². The first-order valence-corrected chi connectivity index (χ1v) is 10.4. The lowest BCUT2D eigenvalue weighted by Crippen LogP contribution is -2.35. The molecule has 0 fully saturated rings. The van der Waals surface area contributed by atoms with Crippen molar-refractivity contribution in [2.24, 2.45) is 0 Å². The highest BCUT2D eigenvalue weighted by molar-refractivity contribution is 9.10. The van der Waals surface area contributed by atoms with Crippen LogP contribution < -0.4 is 5.32 Å². The molecule has 0 bridgehead atoms. The van der Waals surface area contributed by atoms with E-state index in [0.29, 0.717) is 35.8 Å². The van der Waals surface area contributed by atoms with Gasteiger partial charge in [-0.3, -0.25) is 19.9 Å². The minimum atomic E-state index is -0.162. The predicted molar refractivity (Wildman–Crippen MR) is 105 cm³/mol. The van der Waals surface area contributed by atoms with Crippen LogP contribution in [0.25, 0.3) is 0 Å². The number of hydrogen-bond acceptors (Lipinski definition) is 6. The van der Waals surface area contributed by atoms with Gasteiger partial charge in [0.2, 0.25) is 0 Å². The van der Waals surface area contributed by atoms with Crippen LogP contribution in [0.3, 0.4) is 0 Å². The number of halogens is 1. The van der Waals surface area contributed by atoms with Gasteiger partial charge >= 0.3 is 0 Å². The molecule has 0 saturated heterocycles. The highest BCUT2D eigenvalue weighted by Gasteiger charge is 2.25. The van der Waals surface area contributed by atoms with Crippen LogP contribution in [0.5, 0.6) is 0 Å². The lowest BCUT2D eigenvalue weighted by Gasteiger charge is -2.26. The summed E-state index contributed by atoms with van der Waals surface area (Å²) in [5.41, 5.74) is 2.13. The molecule has 0 unspecified atom stereocenters. The molecule has 6 nitrogen and oxygen atoms in total. The zero-order chi connectivity index (χ0) is 18.1. The molecule has 0 atom stereocenters. The van der Waals surface area contributed by atoms with E-state index in [0.717, 1.165) is 15.0 Å². The van der Waals surface area contributed by atoms with Crippen LogP contribution in [-0.4, -0.2) is 33.2 Å². The first-order chi connectivity index (χ1) is 12.6. The van der Waals surface area contributed by atoms with Crippen LogP contribution in [-0.2, 0) is 13.0 Å². The quantitative estimate of drug-likeness (QED) is 0.660. The second-order valence-corrected chi connectivity index (χ2v) is 8.50. The van der Waals surface area contributed by atoms with Crippen LogP contribution in [0.1, 0.15) is 31.3 Å². The fraction of sp³-hybridized carbons (Fsp3) is 0.176. The van der Waals surface area contributed by atoms with Gasteiger partial charge < -0.3 is 4.90 Å². The van der Waals surface area contributed by atoms with Gasteiger partial charge in [-0.15, -0.1) is 0 Å². The first-order valence-electron chi connectivity index (χ1n) is 7.82. The smallest absolute Gasteiger partial charge is 0.258 e. The Morgan fingerprint density at radius 1 is 1.27 bits per heavy atom. The third-order valence-corrected chi connectivity index (χ3v) is 6.09. The van der Waals surface area contributed by atoms with Gasteiger partial charge in [0.25, 0.3) is 11.8 Å². The summed E-state index contributed by atoms with van der Waals surface area (Å²) in [7, 11) is 0. The Kier molecular flexibility index (Phi) is 4.84. The fourth-order valence-electron chi connectivity index (χ4n) is 2.70. The van der Waals surface area contributed by atoms with E-state index in [9.17, 15) is 9.59 Å². The maximum absolute atomic E-state index is 12.7. The Bertz CT molecular complexity index is 971. The lowest BCUT2D eigenvalue weighted by molar-refractivity contribution is 0.0735. The number of amides is 2. The average Bonchev–Trinajstić information content (AvgIpc) is 3.29. The number of anilines is 1. The maximum atomic E-state index is 12.7. The number of thiophene rings is 1. The third-order valence-electron chi connectivity index (χ3n) is 3.97. The van der Waals surface area contributed by atoms with E-state index < -0.39 is 0 Å². The molecule has 1 aliphatic rings. The molecule has 0 radical (unpaired) electrons. The molecule has 4 rings (SSSR count). The number of nitrogens with one attached hydrogen (secondary N) is 1. The number of rotatable bonds is 3. The van der Waals surface area contributed by atoms with Gasteiger partial charge in [-0.05, 0) is 33.4 Å². The third kappa shape index (κ3) is 3.55. The summed E-state index contributed by atoms with van der Waals surface area (Å²) in [6.07, 6.45) is 3.89. The molecule has 26 heavy (non-hydrogen) atoms. The number of fused-ring (bicyclic) bond motifs is 1. The summed E-state index contributed by atoms with van der Waals surface area (Å²) >= 11 is 6.24. The molecular formula is C17H13BrN4O2S2. The number of carbonyl (C=O) groups excluding carboxylic acids is 2. The average molecular weight is 449 g/mol. The van der Waals surface area contributed by atoms with E-state index >= 15 is 0 Å². The molecule has 132 valence electrons. The van der Waals surface area contributed by atoms with E-state index in [1.165, 1.54) is 22.7 Å². The number of hydrogen-bond donors (Lipinski definition) is 1. The largest absolute Gasteiger partial charge is 0.333 e. The monoisotopic (exact) mass is 448 g/mol. The molecule has 0 spiro atoms. The number of aromatic nitrogens is 2. The fourth-order valence-corrected chi connectivity index (χ4v) is 4.72. The molecule has 3 aromatic rings. The molecule has 1 aliphatic heterocycles. The number of pyridine rings is 1. The Labute approximate surface area is 166 Å². The summed E-state index contributed by atoms with van der Waals surface area (Å²) in [5, 5.41) is 7.08. The summed E-state index contributed by atoms with van der Waals surface area (Å²) < 4.78 is 0.775. The predicted octanol–water partition coefficient (Wildman–Crippen LogP) is 3.81. The van der Waals surface area contributed by atoms with Gasteiger partial charge in [0.1, 0.15) is 0 Å². The molecule has 3 aromatic heterocycles. The van der Waals surface area contributed by atoms with Gasteiger partial charge in [-0.2, -0.15) is 11.3 Å². The molecular weight excluding hydrogens is 436 g/mol. The van der Waals surface area contributed by atoms with Gasteiger partial charge in [-0.25, -0.2) is 4.98 Å².